The average Bonchev–Trinajstić information content (AvgIpc) is 3.24. The summed E-state index contributed by atoms with van der Waals surface area (Å²) < 4.78 is 66.8. The Kier molecular flexibility index (Phi) is 5.33. The number of alkyl halides is 3. The second-order valence-electron chi connectivity index (χ2n) is 6.94. The fourth-order valence-corrected chi connectivity index (χ4v) is 5.19. The Labute approximate surface area is 171 Å². The second kappa shape index (κ2) is 7.80. The highest BCUT2D eigenvalue weighted by Gasteiger charge is 2.38. The Hall–Kier alpha value is -2.79. The molecule has 1 fully saturated rings. The molecular formula is C19H18F3N5O2S. The fraction of sp³-hybridized carbons (Fsp3) is 0.316. The van der Waals surface area contributed by atoms with Crippen molar-refractivity contribution in [3.05, 3.63) is 60.2 Å². The summed E-state index contributed by atoms with van der Waals surface area (Å²) in [6.45, 7) is 0.187. The number of benzene rings is 1. The predicted molar refractivity (Wildman–Crippen MR) is 102 cm³/mol. The average molecular weight is 437 g/mol. The molecule has 0 aliphatic carbocycles. The predicted octanol–water partition coefficient (Wildman–Crippen LogP) is 3.80. The SMILES string of the molecule is O=S(=O)(c1cccc(C(F)(F)F)c1)N1CCCCC1c1nc(-c2cccnc2)n[nH]1. The molecule has 1 aromatic carbocycles. The topological polar surface area (TPSA) is 91.8 Å². The molecule has 0 saturated carbocycles. The summed E-state index contributed by atoms with van der Waals surface area (Å²) in [5, 5.41) is 6.94. The first-order valence-corrected chi connectivity index (χ1v) is 10.7. The molecule has 2 aromatic heterocycles. The first-order chi connectivity index (χ1) is 14.3. The number of sulfonamides is 1. The lowest BCUT2D eigenvalue weighted by Gasteiger charge is -2.33. The van der Waals surface area contributed by atoms with Crippen LogP contribution in [0.4, 0.5) is 13.2 Å². The molecule has 4 rings (SSSR count). The Morgan fingerprint density at radius 1 is 1.13 bits per heavy atom. The van der Waals surface area contributed by atoms with Gasteiger partial charge in [0.15, 0.2) is 5.82 Å². The van der Waals surface area contributed by atoms with Gasteiger partial charge in [0.25, 0.3) is 0 Å². The number of nitrogens with one attached hydrogen (secondary N) is 1. The van der Waals surface area contributed by atoms with Crippen LogP contribution in [-0.4, -0.2) is 39.4 Å². The maximum absolute atomic E-state index is 13.2. The smallest absolute Gasteiger partial charge is 0.264 e. The van der Waals surface area contributed by atoms with Gasteiger partial charge in [-0.1, -0.05) is 12.5 Å². The van der Waals surface area contributed by atoms with E-state index in [9.17, 15) is 21.6 Å². The Bertz CT molecular complexity index is 1130. The standard InChI is InChI=1S/C19H18F3N5O2S/c20-19(21,22)14-6-3-7-15(11-14)30(28,29)27-10-2-1-8-16(27)18-24-17(25-26-18)13-5-4-9-23-12-13/h3-7,9,11-12,16H,1-2,8,10H2,(H,24,25,26). The molecular weight excluding hydrogens is 419 g/mol. The Morgan fingerprint density at radius 3 is 2.70 bits per heavy atom. The van der Waals surface area contributed by atoms with Gasteiger partial charge in [0, 0.05) is 24.5 Å². The quantitative estimate of drug-likeness (QED) is 0.670. The monoisotopic (exact) mass is 437 g/mol. The molecule has 1 saturated heterocycles. The number of aromatic amines is 1. The van der Waals surface area contributed by atoms with Crippen molar-refractivity contribution in [2.75, 3.05) is 6.54 Å². The first-order valence-electron chi connectivity index (χ1n) is 9.28. The van der Waals surface area contributed by atoms with Gasteiger partial charge < -0.3 is 0 Å². The number of halogens is 3. The first kappa shape index (κ1) is 20.5. The summed E-state index contributed by atoms with van der Waals surface area (Å²) in [6, 6.07) is 6.66. The van der Waals surface area contributed by atoms with Crippen molar-refractivity contribution in [3.63, 3.8) is 0 Å². The second-order valence-corrected chi connectivity index (χ2v) is 8.83. The number of rotatable bonds is 4. The van der Waals surface area contributed by atoms with Crippen LogP contribution in [0.25, 0.3) is 11.4 Å². The summed E-state index contributed by atoms with van der Waals surface area (Å²) in [5.41, 5.74) is -0.334. The third-order valence-corrected chi connectivity index (χ3v) is 6.86. The maximum atomic E-state index is 13.2. The van der Waals surface area contributed by atoms with E-state index in [1.807, 2.05) is 0 Å². The van der Waals surface area contributed by atoms with Gasteiger partial charge >= 0.3 is 6.18 Å². The van der Waals surface area contributed by atoms with Gasteiger partial charge in [0.05, 0.1) is 16.5 Å². The zero-order valence-corrected chi connectivity index (χ0v) is 16.5. The van der Waals surface area contributed by atoms with Crippen LogP contribution in [0.2, 0.25) is 0 Å². The van der Waals surface area contributed by atoms with Crippen molar-refractivity contribution in [2.24, 2.45) is 0 Å². The van der Waals surface area contributed by atoms with Gasteiger partial charge in [0.2, 0.25) is 10.0 Å². The molecule has 0 radical (unpaired) electrons. The number of aromatic nitrogens is 4. The molecule has 0 spiro atoms. The summed E-state index contributed by atoms with van der Waals surface area (Å²) in [6.07, 6.45) is 0.434. The van der Waals surface area contributed by atoms with E-state index in [0.29, 0.717) is 36.1 Å². The van der Waals surface area contributed by atoms with Crippen molar-refractivity contribution in [3.8, 4) is 11.4 Å². The van der Waals surface area contributed by atoms with E-state index in [1.54, 1.807) is 24.5 Å². The van der Waals surface area contributed by atoms with Gasteiger partial charge in [-0.2, -0.15) is 22.6 Å². The minimum absolute atomic E-state index is 0.187. The molecule has 3 aromatic rings. The van der Waals surface area contributed by atoms with Crippen molar-refractivity contribution in [2.45, 2.75) is 36.4 Å². The lowest BCUT2D eigenvalue weighted by molar-refractivity contribution is -0.137. The van der Waals surface area contributed by atoms with Crippen LogP contribution in [-0.2, 0) is 16.2 Å². The molecule has 1 N–H and O–H groups in total. The zero-order valence-electron chi connectivity index (χ0n) is 15.7. The molecule has 30 heavy (non-hydrogen) atoms. The third kappa shape index (κ3) is 3.94. The number of H-pyrrole nitrogens is 1. The number of hydrogen-bond donors (Lipinski definition) is 1. The minimum Gasteiger partial charge on any atom is -0.264 e. The molecule has 1 atom stereocenters. The van der Waals surface area contributed by atoms with Gasteiger partial charge in [-0.05, 0) is 43.2 Å². The van der Waals surface area contributed by atoms with E-state index < -0.39 is 32.7 Å². The van der Waals surface area contributed by atoms with Crippen LogP contribution in [0.1, 0.15) is 36.7 Å². The molecule has 0 amide bonds. The number of pyridine rings is 1. The van der Waals surface area contributed by atoms with Gasteiger partial charge in [-0.25, -0.2) is 13.4 Å². The molecule has 1 aliphatic heterocycles. The van der Waals surface area contributed by atoms with Crippen molar-refractivity contribution in [1.29, 1.82) is 0 Å². The van der Waals surface area contributed by atoms with Crippen LogP contribution in [0.15, 0.2) is 53.7 Å². The summed E-state index contributed by atoms with van der Waals surface area (Å²) >= 11 is 0. The highest BCUT2D eigenvalue weighted by atomic mass is 32.2. The number of hydrogen-bond acceptors (Lipinski definition) is 5. The largest absolute Gasteiger partial charge is 0.416 e. The molecule has 0 bridgehead atoms. The summed E-state index contributed by atoms with van der Waals surface area (Å²) in [4.78, 5) is 8.05. The molecule has 1 unspecified atom stereocenters. The maximum Gasteiger partial charge on any atom is 0.416 e. The Balaban J connectivity index is 1.68. The lowest BCUT2D eigenvalue weighted by Crippen LogP contribution is -2.39. The van der Waals surface area contributed by atoms with Crippen LogP contribution in [0.3, 0.4) is 0 Å². The van der Waals surface area contributed by atoms with E-state index >= 15 is 0 Å². The van der Waals surface area contributed by atoms with Crippen molar-refractivity contribution in [1.82, 2.24) is 24.5 Å². The molecule has 3 heterocycles. The Morgan fingerprint density at radius 2 is 1.97 bits per heavy atom. The van der Waals surface area contributed by atoms with Gasteiger partial charge in [-0.3, -0.25) is 10.1 Å². The third-order valence-electron chi connectivity index (χ3n) is 4.96. The van der Waals surface area contributed by atoms with Crippen molar-refractivity contribution >= 4 is 10.0 Å². The minimum atomic E-state index is -4.63. The number of piperidine rings is 1. The molecule has 158 valence electrons. The molecule has 1 aliphatic rings. The highest BCUT2D eigenvalue weighted by molar-refractivity contribution is 7.89. The summed E-state index contributed by atoms with van der Waals surface area (Å²) in [5.74, 6) is 0.726. The zero-order chi connectivity index (χ0) is 21.4. The number of nitrogens with zero attached hydrogens (tertiary/aromatic N) is 4. The van der Waals surface area contributed by atoms with Gasteiger partial charge in [0.1, 0.15) is 5.82 Å². The van der Waals surface area contributed by atoms with E-state index in [-0.39, 0.29) is 6.54 Å². The summed E-state index contributed by atoms with van der Waals surface area (Å²) in [7, 11) is -4.16. The van der Waals surface area contributed by atoms with Crippen molar-refractivity contribution < 1.29 is 21.6 Å². The van der Waals surface area contributed by atoms with E-state index in [2.05, 4.69) is 20.2 Å². The van der Waals surface area contributed by atoms with Crippen LogP contribution >= 0.6 is 0 Å². The molecule has 11 heteroatoms. The lowest BCUT2D eigenvalue weighted by atomic mass is 10.0. The van der Waals surface area contributed by atoms with E-state index in [4.69, 9.17) is 0 Å². The van der Waals surface area contributed by atoms with E-state index in [0.717, 1.165) is 18.6 Å². The molecule has 7 nitrogen and oxygen atoms in total. The van der Waals surface area contributed by atoms with Gasteiger partial charge in [-0.15, -0.1) is 0 Å². The van der Waals surface area contributed by atoms with E-state index in [1.165, 1.54) is 10.4 Å². The van der Waals surface area contributed by atoms with Crippen LogP contribution < -0.4 is 0 Å². The highest BCUT2D eigenvalue weighted by Crippen LogP contribution is 2.36. The van der Waals surface area contributed by atoms with Crippen LogP contribution in [0, 0.1) is 0 Å². The van der Waals surface area contributed by atoms with Crippen LogP contribution in [0.5, 0.6) is 0 Å². The fourth-order valence-electron chi connectivity index (χ4n) is 3.48. The normalized spacial score (nSPS) is 18.4.